The third-order valence-electron chi connectivity index (χ3n) is 2.68. The van der Waals surface area contributed by atoms with E-state index in [1.807, 2.05) is 30.3 Å². The van der Waals surface area contributed by atoms with Gasteiger partial charge in [0.1, 0.15) is 12.5 Å². The lowest BCUT2D eigenvalue weighted by atomic mass is 9.87. The Morgan fingerprint density at radius 2 is 2.00 bits per heavy atom. The van der Waals surface area contributed by atoms with E-state index in [4.69, 9.17) is 9.84 Å². The van der Waals surface area contributed by atoms with Crippen LogP contribution in [-0.4, -0.2) is 29.6 Å². The van der Waals surface area contributed by atoms with Gasteiger partial charge in [0.05, 0.1) is 0 Å². The highest BCUT2D eigenvalue weighted by molar-refractivity contribution is 5.95. The molecular weight excluding hydrogens is 208 g/mol. The van der Waals surface area contributed by atoms with Crippen molar-refractivity contribution in [2.75, 3.05) is 6.61 Å². The van der Waals surface area contributed by atoms with Crippen molar-refractivity contribution in [3.05, 3.63) is 35.9 Å². The lowest BCUT2D eigenvalue weighted by Gasteiger charge is -2.33. The fraction of sp³-hybridized carbons (Fsp3) is 0.333. The number of ketones is 1. The van der Waals surface area contributed by atoms with Gasteiger partial charge < -0.3 is 9.84 Å². The maximum Gasteiger partial charge on any atom is 0.314 e. The third-order valence-corrected chi connectivity index (χ3v) is 2.68. The Kier molecular flexibility index (Phi) is 3.01. The molecule has 1 fully saturated rings. The van der Waals surface area contributed by atoms with Gasteiger partial charge in [-0.05, 0) is 12.0 Å². The Bertz CT molecular complexity index is 399. The van der Waals surface area contributed by atoms with Gasteiger partial charge in [-0.15, -0.1) is 0 Å². The van der Waals surface area contributed by atoms with Crippen LogP contribution in [0.25, 0.3) is 0 Å². The molecule has 1 saturated heterocycles. The van der Waals surface area contributed by atoms with E-state index in [2.05, 4.69) is 0 Å². The molecule has 0 aliphatic carbocycles. The van der Waals surface area contributed by atoms with E-state index in [9.17, 15) is 9.59 Å². The number of rotatable bonds is 4. The number of hydrogen-bond acceptors (Lipinski definition) is 4. The zero-order valence-electron chi connectivity index (χ0n) is 8.63. The molecule has 1 aromatic rings. The van der Waals surface area contributed by atoms with Crippen LogP contribution in [0.2, 0.25) is 0 Å². The lowest BCUT2D eigenvalue weighted by Crippen LogP contribution is -2.51. The minimum Gasteiger partial charge on any atom is -0.453 e. The summed E-state index contributed by atoms with van der Waals surface area (Å²) in [5.41, 5.74) is 0.986. The molecule has 0 aromatic heterocycles. The summed E-state index contributed by atoms with van der Waals surface area (Å²) in [5.74, 6) is -1.24. The molecule has 16 heavy (non-hydrogen) atoms. The summed E-state index contributed by atoms with van der Waals surface area (Å²) in [6.45, 7) is -0.580. The number of carbonyl (C=O) groups excluding carboxylic acids is 2. The number of Topliss-reactive ketones (excluding diaryl/α,β-unsaturated/α-hetero) is 1. The van der Waals surface area contributed by atoms with Crippen LogP contribution in [0.1, 0.15) is 5.56 Å². The molecule has 1 aliphatic heterocycles. The molecule has 0 spiro atoms. The van der Waals surface area contributed by atoms with E-state index in [1.54, 1.807) is 0 Å². The van der Waals surface area contributed by atoms with E-state index in [1.165, 1.54) is 0 Å². The molecule has 1 aliphatic rings. The summed E-state index contributed by atoms with van der Waals surface area (Å²) in [6, 6.07) is 9.43. The van der Waals surface area contributed by atoms with Crippen molar-refractivity contribution >= 4 is 11.8 Å². The number of benzene rings is 1. The first-order chi connectivity index (χ1) is 7.72. The van der Waals surface area contributed by atoms with Gasteiger partial charge in [-0.25, -0.2) is 0 Å². The van der Waals surface area contributed by atoms with Crippen molar-refractivity contribution in [1.29, 1.82) is 0 Å². The van der Waals surface area contributed by atoms with Crippen LogP contribution in [0.5, 0.6) is 0 Å². The first-order valence-corrected chi connectivity index (χ1v) is 5.10. The van der Waals surface area contributed by atoms with Crippen LogP contribution in [0.3, 0.4) is 0 Å². The lowest BCUT2D eigenvalue weighted by molar-refractivity contribution is -0.188. The van der Waals surface area contributed by atoms with E-state index in [0.29, 0.717) is 6.42 Å². The van der Waals surface area contributed by atoms with Crippen LogP contribution in [0, 0.1) is 5.92 Å². The average Bonchev–Trinajstić information content (AvgIpc) is 2.33. The number of carbonyl (C=O) groups is 2. The summed E-state index contributed by atoms with van der Waals surface area (Å²) in [4.78, 5) is 22.4. The van der Waals surface area contributed by atoms with E-state index >= 15 is 0 Å². The zero-order chi connectivity index (χ0) is 11.5. The van der Waals surface area contributed by atoms with Crippen LogP contribution in [-0.2, 0) is 20.7 Å². The number of aliphatic hydroxyl groups excluding tert-OH is 1. The van der Waals surface area contributed by atoms with Crippen molar-refractivity contribution in [1.82, 2.24) is 0 Å². The van der Waals surface area contributed by atoms with Crippen LogP contribution >= 0.6 is 0 Å². The average molecular weight is 220 g/mol. The third kappa shape index (κ3) is 1.97. The van der Waals surface area contributed by atoms with E-state index in [-0.39, 0.29) is 5.97 Å². The summed E-state index contributed by atoms with van der Waals surface area (Å²) in [7, 11) is 0. The zero-order valence-corrected chi connectivity index (χ0v) is 8.63. The molecule has 1 heterocycles. The highest BCUT2D eigenvalue weighted by atomic mass is 16.6. The maximum absolute atomic E-state index is 11.2. The first-order valence-electron chi connectivity index (χ1n) is 5.10. The summed E-state index contributed by atoms with van der Waals surface area (Å²) >= 11 is 0. The number of esters is 1. The number of ether oxygens (including phenoxy) is 1. The van der Waals surface area contributed by atoms with Crippen LogP contribution in [0.15, 0.2) is 30.3 Å². The Morgan fingerprint density at radius 3 is 2.56 bits per heavy atom. The monoisotopic (exact) mass is 220 g/mol. The van der Waals surface area contributed by atoms with Crippen molar-refractivity contribution in [2.45, 2.75) is 12.5 Å². The molecule has 84 valence electrons. The molecule has 0 radical (unpaired) electrons. The van der Waals surface area contributed by atoms with Gasteiger partial charge in [0.25, 0.3) is 0 Å². The summed E-state index contributed by atoms with van der Waals surface area (Å²) in [5, 5.41) is 8.70. The highest BCUT2D eigenvalue weighted by Crippen LogP contribution is 2.26. The van der Waals surface area contributed by atoms with Gasteiger partial charge in [-0.2, -0.15) is 0 Å². The fourth-order valence-corrected chi connectivity index (χ4v) is 1.78. The Labute approximate surface area is 92.8 Å². The molecule has 0 saturated carbocycles. The Morgan fingerprint density at radius 1 is 1.31 bits per heavy atom. The SMILES string of the molecule is O=C1O[C@@H](C(=O)CO)[C@@H]1Cc1ccccc1. The molecule has 1 aromatic carbocycles. The van der Waals surface area contributed by atoms with Gasteiger partial charge in [0, 0.05) is 0 Å². The predicted molar refractivity (Wildman–Crippen MR) is 55.6 cm³/mol. The molecule has 2 atom stereocenters. The quantitative estimate of drug-likeness (QED) is 0.743. The fourth-order valence-electron chi connectivity index (χ4n) is 1.78. The molecule has 0 bridgehead atoms. The molecule has 4 nitrogen and oxygen atoms in total. The van der Waals surface area contributed by atoms with Gasteiger partial charge in [-0.1, -0.05) is 30.3 Å². The van der Waals surface area contributed by atoms with Crippen molar-refractivity contribution in [2.24, 2.45) is 5.92 Å². The minimum atomic E-state index is -0.766. The molecule has 1 N–H and O–H groups in total. The number of cyclic esters (lactones) is 1. The van der Waals surface area contributed by atoms with Crippen molar-refractivity contribution in [3.8, 4) is 0 Å². The van der Waals surface area contributed by atoms with Crippen molar-refractivity contribution in [3.63, 3.8) is 0 Å². The molecule has 4 heteroatoms. The Hall–Kier alpha value is -1.68. The standard InChI is InChI=1S/C12H12O4/c13-7-10(14)11-9(12(15)16-11)6-8-4-2-1-3-5-8/h1-5,9,11,13H,6-7H2/t9-,11+/m0/s1. The predicted octanol–water partition coefficient (Wildman–Crippen LogP) is 0.332. The van der Waals surface area contributed by atoms with Crippen LogP contribution in [0.4, 0.5) is 0 Å². The first kappa shape index (κ1) is 10.8. The maximum atomic E-state index is 11.2. The number of hydrogen-bond donors (Lipinski definition) is 1. The highest BCUT2D eigenvalue weighted by Gasteiger charge is 2.46. The molecular formula is C12H12O4. The van der Waals surface area contributed by atoms with Gasteiger partial charge in [-0.3, -0.25) is 9.59 Å². The topological polar surface area (TPSA) is 63.6 Å². The Balaban J connectivity index is 2.04. The second-order valence-electron chi connectivity index (χ2n) is 3.78. The largest absolute Gasteiger partial charge is 0.453 e. The second kappa shape index (κ2) is 4.45. The van der Waals surface area contributed by atoms with Gasteiger partial charge in [0.2, 0.25) is 0 Å². The van der Waals surface area contributed by atoms with E-state index < -0.39 is 24.4 Å². The van der Waals surface area contributed by atoms with Crippen LogP contribution < -0.4 is 0 Å². The van der Waals surface area contributed by atoms with Gasteiger partial charge in [0.15, 0.2) is 11.9 Å². The van der Waals surface area contributed by atoms with Gasteiger partial charge >= 0.3 is 5.97 Å². The number of aliphatic hydroxyl groups is 1. The summed E-state index contributed by atoms with van der Waals surface area (Å²) in [6.07, 6.45) is -0.284. The smallest absolute Gasteiger partial charge is 0.314 e. The molecule has 0 unspecified atom stereocenters. The minimum absolute atomic E-state index is 0.365. The van der Waals surface area contributed by atoms with Crippen molar-refractivity contribution < 1.29 is 19.4 Å². The second-order valence-corrected chi connectivity index (χ2v) is 3.78. The molecule has 0 amide bonds. The normalized spacial score (nSPS) is 23.4. The van der Waals surface area contributed by atoms with E-state index in [0.717, 1.165) is 5.56 Å². The molecule has 2 rings (SSSR count). The summed E-state index contributed by atoms with van der Waals surface area (Å²) < 4.78 is 4.73.